The van der Waals surface area contributed by atoms with E-state index in [0.29, 0.717) is 11.3 Å². The molecule has 0 saturated heterocycles. The van der Waals surface area contributed by atoms with Crippen molar-refractivity contribution in [3.8, 4) is 33.9 Å². The molecule has 0 unspecified atom stereocenters. The third-order valence-corrected chi connectivity index (χ3v) is 3.72. The van der Waals surface area contributed by atoms with Gasteiger partial charge in [-0.3, -0.25) is 5.10 Å². The smallest absolute Gasteiger partial charge is 0.339 e. The zero-order valence-corrected chi connectivity index (χ0v) is 13.2. The lowest BCUT2D eigenvalue weighted by atomic mass is 9.99. The highest BCUT2D eigenvalue weighted by atomic mass is 16.5. The van der Waals surface area contributed by atoms with Crippen LogP contribution in [0.15, 0.2) is 48.7 Å². The zero-order valence-electron chi connectivity index (χ0n) is 13.2. The Balaban J connectivity index is 2.20. The number of aromatic nitrogens is 2. The van der Waals surface area contributed by atoms with Crippen LogP contribution < -0.4 is 9.47 Å². The number of nitrogens with one attached hydrogen (secondary N) is 1. The number of nitrogens with zero attached hydrogens (tertiary/aromatic N) is 1. The summed E-state index contributed by atoms with van der Waals surface area (Å²) in [6, 6.07) is 13.0. The SMILES string of the molecule is COc1cc(-c2cn[nH]c2-c2ccccc2)cc(C(=O)O)c1OC. The summed E-state index contributed by atoms with van der Waals surface area (Å²) in [6.45, 7) is 0. The molecule has 1 heterocycles. The fourth-order valence-corrected chi connectivity index (χ4v) is 2.61. The van der Waals surface area contributed by atoms with Gasteiger partial charge in [-0.05, 0) is 17.7 Å². The Hall–Kier alpha value is -3.28. The molecule has 3 rings (SSSR count). The summed E-state index contributed by atoms with van der Waals surface area (Å²) < 4.78 is 10.5. The fraction of sp³-hybridized carbons (Fsp3) is 0.111. The van der Waals surface area contributed by atoms with Crippen molar-refractivity contribution in [2.24, 2.45) is 0 Å². The molecule has 0 bridgehead atoms. The maximum Gasteiger partial charge on any atom is 0.339 e. The van der Waals surface area contributed by atoms with Crippen LogP contribution in [0.3, 0.4) is 0 Å². The number of aromatic amines is 1. The lowest BCUT2D eigenvalue weighted by Crippen LogP contribution is -2.03. The predicted octanol–water partition coefficient (Wildman–Crippen LogP) is 3.46. The van der Waals surface area contributed by atoms with E-state index >= 15 is 0 Å². The van der Waals surface area contributed by atoms with Gasteiger partial charge in [0.05, 0.1) is 26.1 Å². The van der Waals surface area contributed by atoms with Crippen LogP contribution in [0.1, 0.15) is 10.4 Å². The summed E-state index contributed by atoms with van der Waals surface area (Å²) in [4.78, 5) is 11.6. The molecule has 3 aromatic rings. The molecule has 24 heavy (non-hydrogen) atoms. The summed E-state index contributed by atoms with van der Waals surface area (Å²) in [5.41, 5.74) is 3.25. The van der Waals surface area contributed by atoms with E-state index < -0.39 is 5.97 Å². The van der Waals surface area contributed by atoms with Gasteiger partial charge < -0.3 is 14.6 Å². The number of hydrogen-bond donors (Lipinski definition) is 2. The lowest BCUT2D eigenvalue weighted by molar-refractivity contribution is 0.0692. The molecular weight excluding hydrogens is 308 g/mol. The maximum atomic E-state index is 11.6. The topological polar surface area (TPSA) is 84.4 Å². The quantitative estimate of drug-likeness (QED) is 0.751. The first kappa shape index (κ1) is 15.6. The second-order valence-electron chi connectivity index (χ2n) is 5.09. The molecule has 0 radical (unpaired) electrons. The molecule has 0 fully saturated rings. The van der Waals surface area contributed by atoms with Crippen molar-refractivity contribution >= 4 is 5.97 Å². The molecular formula is C18H16N2O4. The first-order valence-corrected chi connectivity index (χ1v) is 7.24. The maximum absolute atomic E-state index is 11.6. The minimum absolute atomic E-state index is 0.0343. The number of benzene rings is 2. The zero-order chi connectivity index (χ0) is 17.1. The predicted molar refractivity (Wildman–Crippen MR) is 89.5 cm³/mol. The van der Waals surface area contributed by atoms with Crippen LogP contribution in [-0.4, -0.2) is 35.5 Å². The van der Waals surface area contributed by atoms with Crippen LogP contribution in [0.5, 0.6) is 11.5 Å². The molecule has 122 valence electrons. The molecule has 1 aromatic heterocycles. The molecule has 6 nitrogen and oxygen atoms in total. The standard InChI is InChI=1S/C18H16N2O4/c1-23-15-9-12(8-13(18(21)22)17(15)24-2)14-10-19-20-16(14)11-6-4-3-5-7-11/h3-10H,1-2H3,(H,19,20)(H,21,22). The molecule has 2 N–H and O–H groups in total. The summed E-state index contributed by atoms with van der Waals surface area (Å²) in [5.74, 6) is -0.539. The van der Waals surface area contributed by atoms with Gasteiger partial charge in [-0.25, -0.2) is 4.79 Å². The van der Waals surface area contributed by atoms with Crippen molar-refractivity contribution in [1.82, 2.24) is 10.2 Å². The van der Waals surface area contributed by atoms with Crippen molar-refractivity contribution in [2.45, 2.75) is 0 Å². The van der Waals surface area contributed by atoms with Gasteiger partial charge >= 0.3 is 5.97 Å². The van der Waals surface area contributed by atoms with E-state index in [2.05, 4.69) is 10.2 Å². The molecule has 0 saturated carbocycles. The van der Waals surface area contributed by atoms with Gasteiger partial charge in [-0.1, -0.05) is 30.3 Å². The van der Waals surface area contributed by atoms with Crippen molar-refractivity contribution < 1.29 is 19.4 Å². The van der Waals surface area contributed by atoms with Crippen LogP contribution in [-0.2, 0) is 0 Å². The van der Waals surface area contributed by atoms with Crippen molar-refractivity contribution in [2.75, 3.05) is 14.2 Å². The second-order valence-corrected chi connectivity index (χ2v) is 5.09. The van der Waals surface area contributed by atoms with Gasteiger partial charge in [-0.15, -0.1) is 0 Å². The van der Waals surface area contributed by atoms with Crippen LogP contribution in [0.4, 0.5) is 0 Å². The molecule has 0 aliphatic carbocycles. The summed E-state index contributed by atoms with van der Waals surface area (Å²) >= 11 is 0. The summed E-state index contributed by atoms with van der Waals surface area (Å²) in [7, 11) is 2.89. The van der Waals surface area contributed by atoms with Crippen molar-refractivity contribution in [3.63, 3.8) is 0 Å². The summed E-state index contributed by atoms with van der Waals surface area (Å²) in [5, 5.41) is 16.5. The van der Waals surface area contributed by atoms with E-state index in [1.807, 2.05) is 30.3 Å². The van der Waals surface area contributed by atoms with Crippen molar-refractivity contribution in [1.29, 1.82) is 0 Å². The number of hydrogen-bond acceptors (Lipinski definition) is 4. The first-order valence-electron chi connectivity index (χ1n) is 7.24. The number of methoxy groups -OCH3 is 2. The minimum Gasteiger partial charge on any atom is -0.493 e. The van der Waals surface area contributed by atoms with Gasteiger partial charge in [0.15, 0.2) is 11.5 Å². The average molecular weight is 324 g/mol. The fourth-order valence-electron chi connectivity index (χ4n) is 2.61. The van der Waals surface area contributed by atoms with Gasteiger partial charge in [0.25, 0.3) is 0 Å². The highest BCUT2D eigenvalue weighted by Crippen LogP contribution is 2.38. The van der Waals surface area contributed by atoms with E-state index in [1.54, 1.807) is 18.3 Å². The van der Waals surface area contributed by atoms with E-state index in [4.69, 9.17) is 9.47 Å². The molecule has 0 aliphatic rings. The molecule has 0 atom stereocenters. The van der Waals surface area contributed by atoms with Gasteiger partial charge in [-0.2, -0.15) is 5.10 Å². The van der Waals surface area contributed by atoms with Gasteiger partial charge in [0.2, 0.25) is 0 Å². The van der Waals surface area contributed by atoms with Crippen molar-refractivity contribution in [3.05, 3.63) is 54.2 Å². The van der Waals surface area contributed by atoms with Gasteiger partial charge in [0, 0.05) is 11.1 Å². The number of H-pyrrole nitrogens is 1. The Morgan fingerprint density at radius 2 is 1.83 bits per heavy atom. The number of ether oxygens (including phenoxy) is 2. The Morgan fingerprint density at radius 3 is 2.46 bits per heavy atom. The Labute approximate surface area is 138 Å². The molecule has 0 aliphatic heterocycles. The normalized spacial score (nSPS) is 10.4. The largest absolute Gasteiger partial charge is 0.493 e. The number of carboxylic acids is 1. The Kier molecular flexibility index (Phi) is 4.20. The minimum atomic E-state index is -1.09. The van der Waals surface area contributed by atoms with Crippen LogP contribution in [0.25, 0.3) is 22.4 Å². The first-order chi connectivity index (χ1) is 11.7. The van der Waals surface area contributed by atoms with Crippen LogP contribution in [0, 0.1) is 0 Å². The van der Waals surface area contributed by atoms with E-state index in [0.717, 1.165) is 16.8 Å². The highest BCUT2D eigenvalue weighted by molar-refractivity contribution is 5.95. The number of rotatable bonds is 5. The number of carbonyl (C=O) groups is 1. The number of aromatic carboxylic acids is 1. The third kappa shape index (κ3) is 2.69. The number of carboxylic acid groups (broad SMARTS) is 1. The molecule has 2 aromatic carbocycles. The van der Waals surface area contributed by atoms with Gasteiger partial charge in [0.1, 0.15) is 5.56 Å². The van der Waals surface area contributed by atoms with E-state index in [-0.39, 0.29) is 11.3 Å². The average Bonchev–Trinajstić information content (AvgIpc) is 3.10. The van der Waals surface area contributed by atoms with Crippen LogP contribution >= 0.6 is 0 Å². The monoisotopic (exact) mass is 324 g/mol. The molecule has 6 heteroatoms. The Bertz CT molecular complexity index is 872. The highest BCUT2D eigenvalue weighted by Gasteiger charge is 2.20. The van der Waals surface area contributed by atoms with E-state index in [1.165, 1.54) is 14.2 Å². The van der Waals surface area contributed by atoms with Crippen LogP contribution in [0.2, 0.25) is 0 Å². The Morgan fingerprint density at radius 1 is 1.08 bits per heavy atom. The third-order valence-electron chi connectivity index (χ3n) is 3.72. The lowest BCUT2D eigenvalue weighted by Gasteiger charge is -2.13. The summed E-state index contributed by atoms with van der Waals surface area (Å²) in [6.07, 6.45) is 1.66. The molecule has 0 amide bonds. The second kappa shape index (κ2) is 6.45. The van der Waals surface area contributed by atoms with E-state index in [9.17, 15) is 9.90 Å². The molecule has 0 spiro atoms.